The van der Waals surface area contributed by atoms with Gasteiger partial charge in [0.05, 0.1) is 5.41 Å². The summed E-state index contributed by atoms with van der Waals surface area (Å²) in [5.41, 5.74) is 1.13. The molecule has 7 heteroatoms. The van der Waals surface area contributed by atoms with Gasteiger partial charge in [-0.05, 0) is 36.6 Å². The summed E-state index contributed by atoms with van der Waals surface area (Å²) >= 11 is 6.17. The second-order valence-corrected chi connectivity index (χ2v) is 5.51. The zero-order valence-electron chi connectivity index (χ0n) is 10.8. The molecule has 0 bridgehead atoms. The molecule has 3 aromatic rings. The number of benzene rings is 1. The van der Waals surface area contributed by atoms with Crippen LogP contribution < -0.4 is 0 Å². The van der Waals surface area contributed by atoms with Crippen molar-refractivity contribution in [3.8, 4) is 11.6 Å². The van der Waals surface area contributed by atoms with Gasteiger partial charge in [0.15, 0.2) is 5.82 Å². The third-order valence-electron chi connectivity index (χ3n) is 3.78. The second-order valence-electron chi connectivity index (χ2n) is 5.10. The Labute approximate surface area is 124 Å². The normalized spacial score (nSPS) is 16.1. The predicted molar refractivity (Wildman–Crippen MR) is 73.3 cm³/mol. The summed E-state index contributed by atoms with van der Waals surface area (Å²) in [6.45, 7) is 0. The van der Waals surface area contributed by atoms with Crippen LogP contribution in [0.15, 0.2) is 35.0 Å². The van der Waals surface area contributed by atoms with Gasteiger partial charge in [0.1, 0.15) is 11.5 Å². The Morgan fingerprint density at radius 1 is 1.29 bits per heavy atom. The Morgan fingerprint density at radius 3 is 2.81 bits per heavy atom. The summed E-state index contributed by atoms with van der Waals surface area (Å²) < 4.78 is 18.5. The average molecular weight is 305 g/mol. The van der Waals surface area contributed by atoms with Crippen molar-refractivity contribution in [2.45, 2.75) is 18.3 Å². The summed E-state index contributed by atoms with van der Waals surface area (Å²) in [4.78, 5) is 4.43. The number of hydrogen-bond acceptors (Lipinski definition) is 4. The second kappa shape index (κ2) is 4.39. The van der Waals surface area contributed by atoms with Crippen molar-refractivity contribution in [1.29, 1.82) is 0 Å². The number of H-pyrrole nitrogens is 1. The van der Waals surface area contributed by atoms with Crippen molar-refractivity contribution in [1.82, 2.24) is 20.3 Å². The van der Waals surface area contributed by atoms with E-state index >= 15 is 0 Å². The lowest BCUT2D eigenvalue weighted by molar-refractivity contribution is 0.416. The van der Waals surface area contributed by atoms with Crippen molar-refractivity contribution in [2.24, 2.45) is 0 Å². The van der Waals surface area contributed by atoms with Crippen LogP contribution in [0, 0.1) is 5.82 Å². The molecule has 0 spiro atoms. The van der Waals surface area contributed by atoms with Gasteiger partial charge in [-0.15, -0.1) is 0 Å². The summed E-state index contributed by atoms with van der Waals surface area (Å²) in [6.07, 6.45) is 3.34. The SMILES string of the molecule is Fc1ccc(C2(c3noc(-c4ccn[nH]4)n3)CC2)c(Cl)c1. The molecule has 2 heterocycles. The van der Waals surface area contributed by atoms with E-state index in [1.165, 1.54) is 12.1 Å². The van der Waals surface area contributed by atoms with Crippen molar-refractivity contribution in [3.05, 3.63) is 52.7 Å². The van der Waals surface area contributed by atoms with E-state index in [1.54, 1.807) is 18.3 Å². The molecule has 1 aliphatic carbocycles. The molecule has 4 rings (SSSR count). The van der Waals surface area contributed by atoms with E-state index in [1.807, 2.05) is 0 Å². The highest BCUT2D eigenvalue weighted by Crippen LogP contribution is 2.54. The standard InChI is InChI=1S/C14H10ClFN4O/c15-10-7-8(16)1-2-9(10)14(4-5-14)13-18-12(21-20-13)11-3-6-17-19-11/h1-3,6-7H,4-5H2,(H,17,19). The summed E-state index contributed by atoms with van der Waals surface area (Å²) in [5.74, 6) is 0.596. The minimum absolute atomic E-state index is 0.356. The first-order chi connectivity index (χ1) is 10.2. The van der Waals surface area contributed by atoms with E-state index in [0.717, 1.165) is 18.4 Å². The van der Waals surface area contributed by atoms with Gasteiger partial charge in [0, 0.05) is 11.2 Å². The highest BCUT2D eigenvalue weighted by Gasteiger charge is 2.51. The topological polar surface area (TPSA) is 67.6 Å². The maximum atomic E-state index is 13.2. The zero-order valence-corrected chi connectivity index (χ0v) is 11.6. The minimum atomic E-state index is -0.368. The van der Waals surface area contributed by atoms with Crippen LogP contribution in [0.1, 0.15) is 24.2 Å². The number of aromatic amines is 1. The molecule has 5 nitrogen and oxygen atoms in total. The molecule has 1 aliphatic rings. The van der Waals surface area contributed by atoms with Gasteiger partial charge in [0.2, 0.25) is 0 Å². The molecule has 106 valence electrons. The van der Waals surface area contributed by atoms with Gasteiger partial charge in [-0.25, -0.2) is 4.39 Å². The highest BCUT2D eigenvalue weighted by atomic mass is 35.5. The summed E-state index contributed by atoms with van der Waals surface area (Å²) in [7, 11) is 0. The minimum Gasteiger partial charge on any atom is -0.332 e. The first kappa shape index (κ1) is 12.5. The first-order valence-electron chi connectivity index (χ1n) is 6.48. The van der Waals surface area contributed by atoms with E-state index in [4.69, 9.17) is 16.1 Å². The van der Waals surface area contributed by atoms with E-state index < -0.39 is 0 Å². The number of rotatable bonds is 3. The van der Waals surface area contributed by atoms with Gasteiger partial charge in [0.25, 0.3) is 5.89 Å². The Hall–Kier alpha value is -2.21. The fourth-order valence-electron chi connectivity index (χ4n) is 2.52. The van der Waals surface area contributed by atoms with Crippen LogP contribution in [0.4, 0.5) is 4.39 Å². The molecule has 0 amide bonds. The number of aromatic nitrogens is 4. The lowest BCUT2D eigenvalue weighted by Gasteiger charge is -2.12. The quantitative estimate of drug-likeness (QED) is 0.806. The summed E-state index contributed by atoms with van der Waals surface area (Å²) in [5, 5.41) is 11.1. The van der Waals surface area contributed by atoms with Crippen LogP contribution in [-0.2, 0) is 5.41 Å². The molecule has 1 saturated carbocycles. The molecule has 0 radical (unpaired) electrons. The zero-order chi connectivity index (χ0) is 14.4. The smallest absolute Gasteiger partial charge is 0.275 e. The molecule has 1 aromatic carbocycles. The Kier molecular flexibility index (Phi) is 2.62. The monoisotopic (exact) mass is 304 g/mol. The lowest BCUT2D eigenvalue weighted by atomic mass is 9.95. The number of nitrogens with one attached hydrogen (secondary N) is 1. The molecule has 0 unspecified atom stereocenters. The third-order valence-corrected chi connectivity index (χ3v) is 4.09. The fourth-order valence-corrected chi connectivity index (χ4v) is 2.87. The Balaban J connectivity index is 1.76. The average Bonchev–Trinajstić information content (AvgIpc) is 2.93. The van der Waals surface area contributed by atoms with E-state index in [2.05, 4.69) is 20.3 Å². The Bertz CT molecular complexity index is 795. The maximum absolute atomic E-state index is 13.2. The fraction of sp³-hybridized carbons (Fsp3) is 0.214. The van der Waals surface area contributed by atoms with E-state index in [9.17, 15) is 4.39 Å². The van der Waals surface area contributed by atoms with Crippen LogP contribution >= 0.6 is 11.6 Å². The summed E-state index contributed by atoms with van der Waals surface area (Å²) in [6, 6.07) is 6.16. The molecular weight excluding hydrogens is 295 g/mol. The van der Waals surface area contributed by atoms with Crippen LogP contribution in [0.3, 0.4) is 0 Å². The van der Waals surface area contributed by atoms with Crippen LogP contribution in [0.2, 0.25) is 5.02 Å². The van der Waals surface area contributed by atoms with Crippen molar-refractivity contribution in [2.75, 3.05) is 0 Å². The van der Waals surface area contributed by atoms with E-state index in [0.29, 0.717) is 22.4 Å². The molecule has 0 aliphatic heterocycles. The highest BCUT2D eigenvalue weighted by molar-refractivity contribution is 6.31. The van der Waals surface area contributed by atoms with Crippen LogP contribution in [0.25, 0.3) is 11.6 Å². The van der Waals surface area contributed by atoms with Gasteiger partial charge < -0.3 is 4.52 Å². The molecular formula is C14H10ClFN4O. The molecule has 1 fully saturated rings. The molecule has 0 saturated heterocycles. The number of nitrogens with zero attached hydrogens (tertiary/aromatic N) is 3. The number of hydrogen-bond donors (Lipinski definition) is 1. The number of halogens is 2. The van der Waals surface area contributed by atoms with Crippen LogP contribution in [0.5, 0.6) is 0 Å². The Morgan fingerprint density at radius 2 is 2.14 bits per heavy atom. The largest absolute Gasteiger partial charge is 0.332 e. The van der Waals surface area contributed by atoms with E-state index in [-0.39, 0.29) is 11.2 Å². The van der Waals surface area contributed by atoms with Crippen molar-refractivity contribution in [3.63, 3.8) is 0 Å². The van der Waals surface area contributed by atoms with Crippen LogP contribution in [-0.4, -0.2) is 20.3 Å². The maximum Gasteiger partial charge on any atom is 0.275 e. The molecule has 2 aromatic heterocycles. The van der Waals surface area contributed by atoms with Gasteiger partial charge in [-0.1, -0.05) is 22.8 Å². The molecule has 0 atom stereocenters. The predicted octanol–water partition coefficient (Wildman–Crippen LogP) is 3.33. The van der Waals surface area contributed by atoms with Gasteiger partial charge >= 0.3 is 0 Å². The first-order valence-corrected chi connectivity index (χ1v) is 6.86. The van der Waals surface area contributed by atoms with Gasteiger partial charge in [-0.3, -0.25) is 5.10 Å². The lowest BCUT2D eigenvalue weighted by Crippen LogP contribution is -2.11. The van der Waals surface area contributed by atoms with Crippen molar-refractivity contribution < 1.29 is 8.91 Å². The molecule has 1 N–H and O–H groups in total. The third kappa shape index (κ3) is 1.94. The van der Waals surface area contributed by atoms with Gasteiger partial charge in [-0.2, -0.15) is 10.1 Å². The van der Waals surface area contributed by atoms with Crippen molar-refractivity contribution >= 4 is 11.6 Å². The molecule has 21 heavy (non-hydrogen) atoms.